The van der Waals surface area contributed by atoms with Crippen LogP contribution in [0, 0.1) is 10.7 Å². The summed E-state index contributed by atoms with van der Waals surface area (Å²) in [4.78, 5) is 2.86. The van der Waals surface area contributed by atoms with Crippen LogP contribution in [0.1, 0.15) is 24.9 Å². The molecule has 96 valence electrons. The molecule has 18 heavy (non-hydrogen) atoms. The maximum absolute atomic E-state index is 12.6. The fourth-order valence-electron chi connectivity index (χ4n) is 2.30. The first-order valence-corrected chi connectivity index (χ1v) is 6.10. The van der Waals surface area contributed by atoms with E-state index in [-0.39, 0.29) is 0 Å². The van der Waals surface area contributed by atoms with Crippen molar-refractivity contribution >= 4 is 23.3 Å². The summed E-state index contributed by atoms with van der Waals surface area (Å²) >= 11 is 5.18. The van der Waals surface area contributed by atoms with Gasteiger partial charge in [0.05, 0.1) is 16.6 Å². The van der Waals surface area contributed by atoms with Crippen LogP contribution < -0.4 is 0 Å². The lowest BCUT2D eigenvalue weighted by molar-refractivity contribution is -0.137. The summed E-state index contributed by atoms with van der Waals surface area (Å²) < 4.78 is 40.3. The number of halogens is 3. The first-order valence-electron chi connectivity index (χ1n) is 5.69. The predicted molar refractivity (Wildman–Crippen MR) is 64.9 cm³/mol. The van der Waals surface area contributed by atoms with Gasteiger partial charge in [0.1, 0.15) is 0 Å². The van der Waals surface area contributed by atoms with Gasteiger partial charge < -0.3 is 9.55 Å². The van der Waals surface area contributed by atoms with E-state index in [9.17, 15) is 13.2 Å². The smallest absolute Gasteiger partial charge is 0.331 e. The minimum atomic E-state index is -4.32. The Balaban J connectivity index is 2.18. The van der Waals surface area contributed by atoms with E-state index in [0.717, 1.165) is 24.1 Å². The lowest BCUT2D eigenvalue weighted by Gasteiger charge is -2.07. The van der Waals surface area contributed by atoms with Crippen LogP contribution in [0.15, 0.2) is 18.2 Å². The highest BCUT2D eigenvalue weighted by Gasteiger charge is 2.36. The first-order chi connectivity index (χ1) is 8.38. The standard InChI is InChI=1S/C12H11F3N2S/c1-6-4-10(6)17-9-3-2-7(12(13,14)15)5-8(9)16-11(17)18/h2-3,5-6,10H,4H2,1H3,(H,16,18). The molecule has 2 atom stereocenters. The number of nitrogens with zero attached hydrogens (tertiary/aromatic N) is 1. The molecule has 2 nitrogen and oxygen atoms in total. The van der Waals surface area contributed by atoms with Gasteiger partial charge in [0.25, 0.3) is 0 Å². The number of nitrogens with one attached hydrogen (secondary N) is 1. The van der Waals surface area contributed by atoms with E-state index in [1.807, 2.05) is 4.57 Å². The molecule has 1 saturated carbocycles. The van der Waals surface area contributed by atoms with Gasteiger partial charge >= 0.3 is 6.18 Å². The van der Waals surface area contributed by atoms with E-state index in [4.69, 9.17) is 12.2 Å². The average molecular weight is 272 g/mol. The van der Waals surface area contributed by atoms with Crippen molar-refractivity contribution in [1.82, 2.24) is 9.55 Å². The van der Waals surface area contributed by atoms with Crippen LogP contribution in [0.25, 0.3) is 11.0 Å². The fraction of sp³-hybridized carbons (Fsp3) is 0.417. The van der Waals surface area contributed by atoms with Crippen molar-refractivity contribution in [2.24, 2.45) is 5.92 Å². The lowest BCUT2D eigenvalue weighted by atomic mass is 10.2. The summed E-state index contributed by atoms with van der Waals surface area (Å²) in [6.07, 6.45) is -3.29. The summed E-state index contributed by atoms with van der Waals surface area (Å²) in [6.45, 7) is 2.11. The zero-order valence-corrected chi connectivity index (χ0v) is 10.4. The number of rotatable bonds is 1. The number of benzene rings is 1. The maximum atomic E-state index is 12.6. The van der Waals surface area contributed by atoms with E-state index in [0.29, 0.717) is 22.2 Å². The molecular formula is C12H11F3N2S. The van der Waals surface area contributed by atoms with Crippen molar-refractivity contribution in [3.05, 3.63) is 28.5 Å². The van der Waals surface area contributed by atoms with Gasteiger partial charge in [0, 0.05) is 6.04 Å². The number of H-pyrrole nitrogens is 1. The summed E-state index contributed by atoms with van der Waals surface area (Å²) in [5.41, 5.74) is 0.554. The van der Waals surface area contributed by atoms with Crippen LogP contribution in [-0.2, 0) is 6.18 Å². The molecule has 0 aliphatic heterocycles. The molecule has 0 bridgehead atoms. The quantitative estimate of drug-likeness (QED) is 0.768. The number of hydrogen-bond donors (Lipinski definition) is 1. The van der Waals surface area contributed by atoms with Crippen LogP contribution in [-0.4, -0.2) is 9.55 Å². The molecule has 2 aromatic rings. The zero-order valence-electron chi connectivity index (χ0n) is 9.58. The van der Waals surface area contributed by atoms with E-state index in [2.05, 4.69) is 11.9 Å². The largest absolute Gasteiger partial charge is 0.416 e. The SMILES string of the molecule is CC1CC1n1c(=S)[nH]c2cc(C(F)(F)F)ccc21. The average Bonchev–Trinajstić information content (AvgIpc) is 2.87. The van der Waals surface area contributed by atoms with Gasteiger partial charge in [-0.3, -0.25) is 0 Å². The van der Waals surface area contributed by atoms with Crippen molar-refractivity contribution in [2.75, 3.05) is 0 Å². The zero-order chi connectivity index (χ0) is 13.1. The molecule has 0 spiro atoms. The molecular weight excluding hydrogens is 261 g/mol. The molecule has 0 saturated heterocycles. The molecule has 1 N–H and O–H groups in total. The van der Waals surface area contributed by atoms with Crippen molar-refractivity contribution in [3.8, 4) is 0 Å². The van der Waals surface area contributed by atoms with Gasteiger partial charge in [-0.25, -0.2) is 0 Å². The van der Waals surface area contributed by atoms with Gasteiger partial charge in [-0.05, 0) is 42.8 Å². The molecule has 0 amide bonds. The molecule has 1 aromatic carbocycles. The number of hydrogen-bond acceptors (Lipinski definition) is 1. The van der Waals surface area contributed by atoms with Crippen LogP contribution >= 0.6 is 12.2 Å². The molecule has 2 unspecified atom stereocenters. The number of imidazole rings is 1. The molecule has 3 rings (SSSR count). The van der Waals surface area contributed by atoms with E-state index in [1.165, 1.54) is 6.07 Å². The second-order valence-corrected chi connectivity index (χ2v) is 5.20. The number of aromatic amines is 1. The van der Waals surface area contributed by atoms with Gasteiger partial charge in [0.15, 0.2) is 4.77 Å². The Bertz CT molecular complexity index is 668. The Morgan fingerprint density at radius 3 is 2.61 bits per heavy atom. The van der Waals surface area contributed by atoms with Crippen molar-refractivity contribution in [1.29, 1.82) is 0 Å². The highest BCUT2D eigenvalue weighted by molar-refractivity contribution is 7.71. The summed E-state index contributed by atoms with van der Waals surface area (Å²) in [6, 6.07) is 4.04. The van der Waals surface area contributed by atoms with Crippen LogP contribution in [0.4, 0.5) is 13.2 Å². The normalized spacial score (nSPS) is 23.6. The van der Waals surface area contributed by atoms with Gasteiger partial charge in [-0.2, -0.15) is 13.2 Å². The Morgan fingerprint density at radius 1 is 1.39 bits per heavy atom. The molecule has 1 fully saturated rings. The third kappa shape index (κ3) is 1.75. The van der Waals surface area contributed by atoms with Crippen LogP contribution in [0.3, 0.4) is 0 Å². The highest BCUT2D eigenvalue weighted by atomic mass is 32.1. The van der Waals surface area contributed by atoms with Crippen LogP contribution in [0.5, 0.6) is 0 Å². The predicted octanol–water partition coefficient (Wildman–Crippen LogP) is 4.30. The van der Waals surface area contributed by atoms with Crippen LogP contribution in [0.2, 0.25) is 0 Å². The van der Waals surface area contributed by atoms with E-state index >= 15 is 0 Å². The van der Waals surface area contributed by atoms with Crippen molar-refractivity contribution < 1.29 is 13.2 Å². The minimum Gasteiger partial charge on any atom is -0.331 e. The van der Waals surface area contributed by atoms with E-state index in [1.54, 1.807) is 0 Å². The highest BCUT2D eigenvalue weighted by Crippen LogP contribution is 2.44. The van der Waals surface area contributed by atoms with Gasteiger partial charge in [-0.15, -0.1) is 0 Å². The number of fused-ring (bicyclic) bond motifs is 1. The first kappa shape index (κ1) is 11.8. The van der Waals surface area contributed by atoms with Crippen molar-refractivity contribution in [3.63, 3.8) is 0 Å². The van der Waals surface area contributed by atoms with Crippen molar-refractivity contribution in [2.45, 2.75) is 25.6 Å². The number of aromatic nitrogens is 2. The molecule has 1 aliphatic rings. The monoisotopic (exact) mass is 272 g/mol. The Kier molecular flexibility index (Phi) is 2.35. The number of alkyl halides is 3. The Labute approximate surface area is 106 Å². The maximum Gasteiger partial charge on any atom is 0.416 e. The second-order valence-electron chi connectivity index (χ2n) is 4.81. The molecule has 1 aliphatic carbocycles. The van der Waals surface area contributed by atoms with Gasteiger partial charge in [-0.1, -0.05) is 6.92 Å². The Hall–Kier alpha value is -1.30. The Morgan fingerprint density at radius 2 is 2.06 bits per heavy atom. The fourth-order valence-corrected chi connectivity index (χ4v) is 2.64. The molecule has 1 heterocycles. The molecule has 1 aromatic heterocycles. The summed E-state index contributed by atoms with van der Waals surface area (Å²) in [5, 5.41) is 0. The van der Waals surface area contributed by atoms with Gasteiger partial charge in [0.2, 0.25) is 0 Å². The summed E-state index contributed by atoms with van der Waals surface area (Å²) in [7, 11) is 0. The molecule has 0 radical (unpaired) electrons. The minimum absolute atomic E-state index is 0.322. The topological polar surface area (TPSA) is 20.7 Å². The third-order valence-corrected chi connectivity index (χ3v) is 3.74. The van der Waals surface area contributed by atoms with E-state index < -0.39 is 11.7 Å². The molecule has 6 heteroatoms. The third-order valence-electron chi connectivity index (χ3n) is 3.44. The summed E-state index contributed by atoms with van der Waals surface area (Å²) in [5.74, 6) is 0.540. The second kappa shape index (κ2) is 3.60. The lowest BCUT2D eigenvalue weighted by Crippen LogP contribution is -2.04.